The maximum absolute atomic E-state index is 13.2. The molecule has 1 atom stereocenters. The van der Waals surface area contributed by atoms with E-state index in [2.05, 4.69) is 21.6 Å². The highest BCUT2D eigenvalue weighted by molar-refractivity contribution is 8.00. The number of anilines is 1. The van der Waals surface area contributed by atoms with Crippen molar-refractivity contribution in [1.82, 2.24) is 10.2 Å². The zero-order chi connectivity index (χ0) is 21.8. The van der Waals surface area contributed by atoms with Crippen LogP contribution in [0.4, 0.5) is 10.1 Å². The third-order valence-electron chi connectivity index (χ3n) is 4.55. The molecule has 1 amide bonds. The van der Waals surface area contributed by atoms with E-state index in [0.29, 0.717) is 5.56 Å². The van der Waals surface area contributed by atoms with Crippen molar-refractivity contribution in [3.63, 3.8) is 0 Å². The van der Waals surface area contributed by atoms with Crippen LogP contribution in [0.15, 0.2) is 82.4 Å². The van der Waals surface area contributed by atoms with Crippen LogP contribution in [-0.4, -0.2) is 16.1 Å². The molecule has 0 aliphatic carbocycles. The number of rotatable bonds is 6. The van der Waals surface area contributed by atoms with Crippen molar-refractivity contribution in [2.24, 2.45) is 0 Å². The van der Waals surface area contributed by atoms with Gasteiger partial charge in [0.2, 0.25) is 11.8 Å². The molecule has 31 heavy (non-hydrogen) atoms. The van der Waals surface area contributed by atoms with Crippen LogP contribution in [0.3, 0.4) is 0 Å². The van der Waals surface area contributed by atoms with Crippen molar-refractivity contribution < 1.29 is 13.6 Å². The van der Waals surface area contributed by atoms with E-state index < -0.39 is 5.25 Å². The zero-order valence-electron chi connectivity index (χ0n) is 17.0. The number of hydrogen-bond donors (Lipinski definition) is 1. The molecule has 0 fully saturated rings. The van der Waals surface area contributed by atoms with Crippen molar-refractivity contribution in [3.8, 4) is 11.5 Å². The molecule has 0 spiro atoms. The van der Waals surface area contributed by atoms with E-state index in [-0.39, 0.29) is 22.8 Å². The smallest absolute Gasteiger partial charge is 0.277 e. The summed E-state index contributed by atoms with van der Waals surface area (Å²) < 4.78 is 18.9. The van der Waals surface area contributed by atoms with Crippen molar-refractivity contribution in [2.75, 3.05) is 5.32 Å². The van der Waals surface area contributed by atoms with Gasteiger partial charge in [0.15, 0.2) is 0 Å². The van der Waals surface area contributed by atoms with Gasteiger partial charge in [0.05, 0.1) is 0 Å². The predicted octanol–water partition coefficient (Wildman–Crippen LogP) is 5.96. The Labute approximate surface area is 183 Å². The molecule has 4 aromatic rings. The lowest BCUT2D eigenvalue weighted by Crippen LogP contribution is -2.19. The van der Waals surface area contributed by atoms with Gasteiger partial charge in [0.1, 0.15) is 11.1 Å². The highest BCUT2D eigenvalue weighted by atomic mass is 32.2. The number of carbonyl (C=O) groups excluding carboxylic acids is 1. The van der Waals surface area contributed by atoms with Gasteiger partial charge in [-0.15, -0.1) is 10.2 Å². The quantitative estimate of drug-likeness (QED) is 0.380. The minimum atomic E-state index is -0.594. The van der Waals surface area contributed by atoms with Crippen molar-refractivity contribution in [1.29, 1.82) is 0 Å². The molecule has 0 saturated carbocycles. The molecular weight excluding hydrogens is 413 g/mol. The molecule has 5 nitrogen and oxygen atoms in total. The number of hydrogen-bond acceptors (Lipinski definition) is 5. The summed E-state index contributed by atoms with van der Waals surface area (Å²) in [5.41, 5.74) is 4.30. The lowest BCUT2D eigenvalue weighted by atomic mass is 10.1. The number of thioether (sulfide) groups is 1. The summed E-state index contributed by atoms with van der Waals surface area (Å²) in [6.45, 7) is 3.98. The van der Waals surface area contributed by atoms with Crippen molar-refractivity contribution in [2.45, 2.75) is 24.3 Å². The van der Waals surface area contributed by atoms with E-state index in [0.717, 1.165) is 22.4 Å². The Balaban J connectivity index is 1.59. The topological polar surface area (TPSA) is 68.0 Å². The van der Waals surface area contributed by atoms with Crippen LogP contribution in [0.2, 0.25) is 0 Å². The average Bonchev–Trinajstić information content (AvgIpc) is 3.21. The summed E-state index contributed by atoms with van der Waals surface area (Å²) in [5, 5.41) is 10.8. The molecule has 1 unspecified atom stereocenters. The highest BCUT2D eigenvalue weighted by Crippen LogP contribution is 2.36. The lowest BCUT2D eigenvalue weighted by Gasteiger charge is -2.16. The van der Waals surface area contributed by atoms with Crippen LogP contribution in [0.1, 0.15) is 21.9 Å². The number of halogens is 1. The molecule has 0 saturated heterocycles. The first-order valence-electron chi connectivity index (χ1n) is 9.68. The van der Waals surface area contributed by atoms with Gasteiger partial charge in [0.25, 0.3) is 5.22 Å². The summed E-state index contributed by atoms with van der Waals surface area (Å²) in [5.74, 6) is -0.267. The Morgan fingerprint density at radius 1 is 0.968 bits per heavy atom. The van der Waals surface area contributed by atoms with Gasteiger partial charge in [-0.25, -0.2) is 4.39 Å². The largest absolute Gasteiger partial charge is 0.411 e. The SMILES string of the molecule is Cc1cc(C)cc(NC(=O)C(Sc2nnc(-c3ccc(F)cc3)o2)c2ccccc2)c1. The first-order chi connectivity index (χ1) is 15.0. The maximum atomic E-state index is 13.2. The summed E-state index contributed by atoms with van der Waals surface area (Å²) in [6, 6.07) is 21.1. The second-order valence-electron chi connectivity index (χ2n) is 7.15. The number of aromatic nitrogens is 2. The Bertz CT molecular complexity index is 1170. The molecular formula is C24H20FN3O2S. The Morgan fingerprint density at radius 2 is 1.65 bits per heavy atom. The van der Waals surface area contributed by atoms with Crippen molar-refractivity contribution in [3.05, 3.63) is 95.3 Å². The van der Waals surface area contributed by atoms with E-state index >= 15 is 0 Å². The minimum Gasteiger partial charge on any atom is -0.411 e. The normalized spacial score (nSPS) is 11.8. The summed E-state index contributed by atoms with van der Waals surface area (Å²) in [7, 11) is 0. The number of benzene rings is 3. The van der Waals surface area contributed by atoms with Crippen LogP contribution in [-0.2, 0) is 4.79 Å². The third kappa shape index (κ3) is 5.19. The summed E-state index contributed by atoms with van der Waals surface area (Å²) >= 11 is 1.17. The molecule has 1 heterocycles. The number of aryl methyl sites for hydroxylation is 2. The molecule has 156 valence electrons. The van der Waals surface area contributed by atoms with Crippen LogP contribution in [0, 0.1) is 19.7 Å². The van der Waals surface area contributed by atoms with Crippen LogP contribution in [0.25, 0.3) is 11.5 Å². The van der Waals surface area contributed by atoms with Crippen molar-refractivity contribution >= 4 is 23.4 Å². The lowest BCUT2D eigenvalue weighted by molar-refractivity contribution is -0.115. The fourth-order valence-electron chi connectivity index (χ4n) is 3.22. The van der Waals surface area contributed by atoms with E-state index in [1.807, 2.05) is 56.3 Å². The first-order valence-corrected chi connectivity index (χ1v) is 10.6. The van der Waals surface area contributed by atoms with Crippen LogP contribution >= 0.6 is 11.8 Å². The number of nitrogens with zero attached hydrogens (tertiary/aromatic N) is 2. The minimum absolute atomic E-state index is 0.192. The van der Waals surface area contributed by atoms with Gasteiger partial charge in [-0.2, -0.15) is 0 Å². The molecule has 0 bridgehead atoms. The number of amides is 1. The zero-order valence-corrected chi connectivity index (χ0v) is 17.8. The monoisotopic (exact) mass is 433 g/mol. The Kier molecular flexibility index (Phi) is 6.13. The molecule has 0 radical (unpaired) electrons. The predicted molar refractivity (Wildman–Crippen MR) is 119 cm³/mol. The number of nitrogens with one attached hydrogen (secondary N) is 1. The van der Waals surface area contributed by atoms with Crippen LogP contribution in [0.5, 0.6) is 0 Å². The van der Waals surface area contributed by atoms with Gasteiger partial charge in [-0.05, 0) is 78.7 Å². The third-order valence-corrected chi connectivity index (χ3v) is 5.63. The molecule has 1 N–H and O–H groups in total. The molecule has 7 heteroatoms. The maximum Gasteiger partial charge on any atom is 0.277 e. The van der Waals surface area contributed by atoms with Gasteiger partial charge < -0.3 is 9.73 Å². The molecule has 4 rings (SSSR count). The standard InChI is InChI=1S/C24H20FN3O2S/c1-15-12-16(2)14-20(13-15)26-22(29)21(17-6-4-3-5-7-17)31-24-28-27-23(30-24)18-8-10-19(25)11-9-18/h3-14,21H,1-2H3,(H,26,29). The molecule has 0 aliphatic rings. The fraction of sp³-hybridized carbons (Fsp3) is 0.125. The Morgan fingerprint density at radius 3 is 2.32 bits per heavy atom. The van der Waals surface area contributed by atoms with Gasteiger partial charge in [-0.3, -0.25) is 4.79 Å². The van der Waals surface area contributed by atoms with Gasteiger partial charge in [0, 0.05) is 11.3 Å². The van der Waals surface area contributed by atoms with E-state index in [1.165, 1.54) is 23.9 Å². The summed E-state index contributed by atoms with van der Waals surface area (Å²) in [6.07, 6.45) is 0. The average molecular weight is 434 g/mol. The van der Waals surface area contributed by atoms with E-state index in [4.69, 9.17) is 4.42 Å². The molecule has 0 aliphatic heterocycles. The fourth-order valence-corrected chi connectivity index (χ4v) is 4.10. The second-order valence-corrected chi connectivity index (χ2v) is 8.21. The van der Waals surface area contributed by atoms with E-state index in [9.17, 15) is 9.18 Å². The van der Waals surface area contributed by atoms with E-state index in [1.54, 1.807) is 12.1 Å². The number of carbonyl (C=O) groups is 1. The molecule has 1 aromatic heterocycles. The summed E-state index contributed by atoms with van der Waals surface area (Å²) in [4.78, 5) is 13.2. The second kappa shape index (κ2) is 9.14. The molecule has 3 aromatic carbocycles. The van der Waals surface area contributed by atoms with Crippen LogP contribution < -0.4 is 5.32 Å². The highest BCUT2D eigenvalue weighted by Gasteiger charge is 2.25. The van der Waals surface area contributed by atoms with Gasteiger partial charge >= 0.3 is 0 Å². The first kappa shape index (κ1) is 20.8. The van der Waals surface area contributed by atoms with Gasteiger partial charge in [-0.1, -0.05) is 36.4 Å². The Hall–Kier alpha value is -3.45.